The molecular weight excluding hydrogens is 367 g/mol. The molecule has 2 aliphatic rings. The number of carbonyl (C=O) groups is 2. The van der Waals surface area contributed by atoms with Crippen LogP contribution < -0.4 is 11.1 Å². The Kier molecular flexibility index (Phi) is 8.21. The first-order valence-electron chi connectivity index (χ1n) is 8.19. The topological polar surface area (TPSA) is 91.8 Å². The lowest BCUT2D eigenvalue weighted by Gasteiger charge is -2.37. The zero-order valence-electron chi connectivity index (χ0n) is 14.3. The van der Waals surface area contributed by atoms with Crippen LogP contribution in [0, 0.1) is 0 Å². The van der Waals surface area contributed by atoms with E-state index >= 15 is 0 Å². The summed E-state index contributed by atoms with van der Waals surface area (Å²) in [7, 11) is 0. The van der Waals surface area contributed by atoms with Crippen LogP contribution in [-0.2, 0) is 11.3 Å². The van der Waals surface area contributed by atoms with Gasteiger partial charge < -0.3 is 20.4 Å². The highest BCUT2D eigenvalue weighted by Gasteiger charge is 2.31. The van der Waals surface area contributed by atoms with Crippen LogP contribution in [0.5, 0.6) is 0 Å². The summed E-state index contributed by atoms with van der Waals surface area (Å²) in [4.78, 5) is 28.5. The Hall–Kier alpha value is -1.28. The predicted molar refractivity (Wildman–Crippen MR) is 99.2 cm³/mol. The van der Waals surface area contributed by atoms with E-state index in [-0.39, 0.29) is 49.2 Å². The number of nitrogens with two attached hydrogens (primary N) is 1. The summed E-state index contributed by atoms with van der Waals surface area (Å²) in [5.74, 6) is 0.662. The van der Waals surface area contributed by atoms with E-state index in [0.29, 0.717) is 43.5 Å². The number of rotatable bonds is 5. The van der Waals surface area contributed by atoms with Gasteiger partial charge in [-0.05, 0) is 25.8 Å². The highest BCUT2D eigenvalue weighted by atomic mass is 35.5. The van der Waals surface area contributed by atoms with Crippen molar-refractivity contribution in [1.29, 1.82) is 0 Å². The van der Waals surface area contributed by atoms with E-state index in [9.17, 15) is 9.59 Å². The summed E-state index contributed by atoms with van der Waals surface area (Å²) in [5, 5.41) is 3.03. The molecule has 1 aliphatic heterocycles. The number of furan rings is 1. The van der Waals surface area contributed by atoms with E-state index in [1.807, 2.05) is 6.92 Å². The van der Waals surface area contributed by atoms with Crippen molar-refractivity contribution in [3.63, 3.8) is 0 Å². The highest BCUT2D eigenvalue weighted by molar-refractivity contribution is 5.94. The molecule has 0 bridgehead atoms. The van der Waals surface area contributed by atoms with Crippen LogP contribution in [0.25, 0.3) is 0 Å². The maximum atomic E-state index is 12.4. The van der Waals surface area contributed by atoms with E-state index in [1.165, 1.54) is 6.26 Å². The van der Waals surface area contributed by atoms with Crippen LogP contribution in [0.2, 0.25) is 0 Å². The molecule has 0 spiro atoms. The first-order chi connectivity index (χ1) is 11.1. The number of carbonyl (C=O) groups excluding carboxylic acids is 2. The SMILES string of the molecule is CC(C(=O)NC1CC1)N1CCN(C(=O)c2coc(CN)c2)CC1.Cl.Cl. The number of hydrogen-bond donors (Lipinski definition) is 2. The van der Waals surface area contributed by atoms with Gasteiger partial charge in [-0.1, -0.05) is 0 Å². The van der Waals surface area contributed by atoms with Gasteiger partial charge in [0.05, 0.1) is 18.2 Å². The highest BCUT2D eigenvalue weighted by Crippen LogP contribution is 2.19. The Morgan fingerprint density at radius 2 is 1.92 bits per heavy atom. The molecule has 1 atom stereocenters. The molecule has 1 aromatic rings. The number of nitrogens with one attached hydrogen (secondary N) is 1. The van der Waals surface area contributed by atoms with Crippen molar-refractivity contribution in [1.82, 2.24) is 15.1 Å². The molecule has 3 N–H and O–H groups in total. The number of amides is 2. The monoisotopic (exact) mass is 392 g/mol. The van der Waals surface area contributed by atoms with Crippen molar-refractivity contribution in [2.75, 3.05) is 26.2 Å². The van der Waals surface area contributed by atoms with Crippen LogP contribution in [0.3, 0.4) is 0 Å². The molecule has 2 amide bonds. The molecule has 1 aliphatic carbocycles. The maximum absolute atomic E-state index is 12.4. The Labute approximate surface area is 160 Å². The van der Waals surface area contributed by atoms with Crippen molar-refractivity contribution in [2.45, 2.75) is 38.4 Å². The summed E-state index contributed by atoms with van der Waals surface area (Å²) < 4.78 is 5.22. The van der Waals surface area contributed by atoms with Gasteiger partial charge in [0.15, 0.2) is 0 Å². The molecule has 142 valence electrons. The maximum Gasteiger partial charge on any atom is 0.257 e. The Bertz CT molecular complexity index is 584. The molecule has 2 heterocycles. The number of piperazine rings is 1. The first-order valence-corrected chi connectivity index (χ1v) is 8.19. The average Bonchev–Trinajstić information content (AvgIpc) is 3.26. The van der Waals surface area contributed by atoms with E-state index in [4.69, 9.17) is 10.2 Å². The molecule has 0 aromatic carbocycles. The number of hydrogen-bond acceptors (Lipinski definition) is 5. The third kappa shape index (κ3) is 5.34. The van der Waals surface area contributed by atoms with Gasteiger partial charge in [0.1, 0.15) is 12.0 Å². The minimum absolute atomic E-state index is 0. The van der Waals surface area contributed by atoms with Gasteiger partial charge in [-0.2, -0.15) is 0 Å². The second-order valence-corrected chi connectivity index (χ2v) is 6.29. The number of halogens is 2. The summed E-state index contributed by atoms with van der Waals surface area (Å²) in [6.45, 7) is 4.85. The Morgan fingerprint density at radius 3 is 2.44 bits per heavy atom. The van der Waals surface area contributed by atoms with E-state index in [1.54, 1.807) is 11.0 Å². The average molecular weight is 393 g/mol. The Balaban J connectivity index is 0.00000156. The molecule has 3 rings (SSSR count). The smallest absolute Gasteiger partial charge is 0.257 e. The zero-order valence-corrected chi connectivity index (χ0v) is 15.9. The first kappa shape index (κ1) is 21.8. The lowest BCUT2D eigenvalue weighted by atomic mass is 10.2. The van der Waals surface area contributed by atoms with Gasteiger partial charge >= 0.3 is 0 Å². The van der Waals surface area contributed by atoms with Gasteiger partial charge in [-0.15, -0.1) is 24.8 Å². The third-order valence-electron chi connectivity index (χ3n) is 4.55. The predicted octanol–water partition coefficient (Wildman–Crippen LogP) is 1.01. The minimum Gasteiger partial charge on any atom is -0.467 e. The van der Waals surface area contributed by atoms with Crippen molar-refractivity contribution >= 4 is 36.6 Å². The van der Waals surface area contributed by atoms with Crippen LogP contribution in [-0.4, -0.2) is 59.9 Å². The second-order valence-electron chi connectivity index (χ2n) is 6.29. The minimum atomic E-state index is -0.148. The van der Waals surface area contributed by atoms with Crippen LogP contribution >= 0.6 is 24.8 Å². The van der Waals surface area contributed by atoms with E-state index in [0.717, 1.165) is 12.8 Å². The molecule has 9 heteroatoms. The molecular formula is C16H26Cl2N4O3. The lowest BCUT2D eigenvalue weighted by molar-refractivity contribution is -0.126. The summed E-state index contributed by atoms with van der Waals surface area (Å²) in [6, 6.07) is 1.93. The van der Waals surface area contributed by atoms with Gasteiger partial charge in [-0.25, -0.2) is 0 Å². The summed E-state index contributed by atoms with van der Waals surface area (Å²) in [5.41, 5.74) is 6.04. The van der Waals surface area contributed by atoms with Crippen molar-refractivity contribution in [3.8, 4) is 0 Å². The standard InChI is InChI=1S/C16H24N4O3.2ClH/c1-11(15(21)18-13-2-3-13)19-4-6-20(7-5-19)16(22)12-8-14(9-17)23-10-12;;/h8,10-11,13H,2-7,9,17H2,1H3,(H,18,21);2*1H. The lowest BCUT2D eigenvalue weighted by Crippen LogP contribution is -2.55. The normalized spacial score (nSPS) is 18.7. The zero-order chi connectivity index (χ0) is 16.4. The van der Waals surface area contributed by atoms with Crippen molar-refractivity contribution < 1.29 is 14.0 Å². The molecule has 1 saturated heterocycles. The van der Waals surface area contributed by atoms with Gasteiger partial charge in [-0.3, -0.25) is 14.5 Å². The summed E-state index contributed by atoms with van der Waals surface area (Å²) in [6.07, 6.45) is 3.65. The third-order valence-corrected chi connectivity index (χ3v) is 4.55. The number of nitrogens with zero attached hydrogens (tertiary/aromatic N) is 2. The largest absolute Gasteiger partial charge is 0.467 e. The molecule has 1 unspecified atom stereocenters. The molecule has 1 saturated carbocycles. The molecule has 7 nitrogen and oxygen atoms in total. The van der Waals surface area contributed by atoms with Crippen LogP contribution in [0.4, 0.5) is 0 Å². The summed E-state index contributed by atoms with van der Waals surface area (Å²) >= 11 is 0. The fourth-order valence-electron chi connectivity index (χ4n) is 2.81. The van der Waals surface area contributed by atoms with Gasteiger partial charge in [0.25, 0.3) is 5.91 Å². The molecule has 2 fully saturated rings. The molecule has 25 heavy (non-hydrogen) atoms. The molecule has 0 radical (unpaired) electrons. The van der Waals surface area contributed by atoms with E-state index < -0.39 is 0 Å². The fraction of sp³-hybridized carbons (Fsp3) is 0.625. The fourth-order valence-corrected chi connectivity index (χ4v) is 2.81. The molecule has 1 aromatic heterocycles. The second kappa shape index (κ2) is 9.43. The van der Waals surface area contributed by atoms with Crippen LogP contribution in [0.1, 0.15) is 35.9 Å². The van der Waals surface area contributed by atoms with Crippen molar-refractivity contribution in [2.24, 2.45) is 5.73 Å². The van der Waals surface area contributed by atoms with Gasteiger partial charge in [0, 0.05) is 32.2 Å². The van der Waals surface area contributed by atoms with Gasteiger partial charge in [0.2, 0.25) is 5.91 Å². The van der Waals surface area contributed by atoms with E-state index in [2.05, 4.69) is 10.2 Å². The quantitative estimate of drug-likeness (QED) is 0.779. The Morgan fingerprint density at radius 1 is 1.28 bits per heavy atom. The van der Waals surface area contributed by atoms with Crippen LogP contribution in [0.15, 0.2) is 16.7 Å². The van der Waals surface area contributed by atoms with Crippen molar-refractivity contribution in [3.05, 3.63) is 23.7 Å².